The van der Waals surface area contributed by atoms with Crippen LogP contribution in [0.15, 0.2) is 0 Å². The number of ether oxygens (including phenoxy) is 1. The molecular weight excluding hydrogens is 140 g/mol. The van der Waals surface area contributed by atoms with Gasteiger partial charge in [-0.1, -0.05) is 0 Å². The van der Waals surface area contributed by atoms with Crippen LogP contribution in [0.25, 0.3) is 0 Å². The molecule has 3 heteroatoms. The second-order valence-corrected chi connectivity index (χ2v) is 3.10. The molecule has 3 nitrogen and oxygen atoms in total. The number of hydrogen-bond donors (Lipinski definition) is 2. The minimum absolute atomic E-state index is 0.370. The van der Waals surface area contributed by atoms with Gasteiger partial charge in [-0.25, -0.2) is 0 Å². The summed E-state index contributed by atoms with van der Waals surface area (Å²) in [5.74, 6) is 0.684. The molecule has 0 radical (unpaired) electrons. The van der Waals surface area contributed by atoms with Gasteiger partial charge in [-0.15, -0.1) is 0 Å². The van der Waals surface area contributed by atoms with Gasteiger partial charge in [0.2, 0.25) is 0 Å². The monoisotopic (exact) mass is 158 g/mol. The van der Waals surface area contributed by atoms with E-state index in [2.05, 4.69) is 5.32 Å². The molecule has 0 saturated carbocycles. The standard InChI is InChI=1S/C8H18N2O/c1-11-8(2-4-9)7-3-5-10-6-7/h7-8,10H,2-6,9H2,1H3. The number of nitrogens with one attached hydrogen (secondary N) is 1. The number of nitrogens with two attached hydrogens (primary N) is 1. The van der Waals surface area contributed by atoms with E-state index in [9.17, 15) is 0 Å². The number of rotatable bonds is 4. The molecular formula is C8H18N2O. The van der Waals surface area contributed by atoms with E-state index >= 15 is 0 Å². The Morgan fingerprint density at radius 3 is 3.00 bits per heavy atom. The van der Waals surface area contributed by atoms with Crippen LogP contribution in [0.4, 0.5) is 0 Å². The van der Waals surface area contributed by atoms with Crippen LogP contribution >= 0.6 is 0 Å². The summed E-state index contributed by atoms with van der Waals surface area (Å²) in [6, 6.07) is 0. The van der Waals surface area contributed by atoms with Crippen molar-refractivity contribution in [3.05, 3.63) is 0 Å². The average molecular weight is 158 g/mol. The van der Waals surface area contributed by atoms with E-state index in [4.69, 9.17) is 10.5 Å². The van der Waals surface area contributed by atoms with Gasteiger partial charge in [0.15, 0.2) is 0 Å². The third-order valence-corrected chi connectivity index (χ3v) is 2.38. The van der Waals surface area contributed by atoms with Crippen molar-refractivity contribution in [3.63, 3.8) is 0 Å². The number of hydrogen-bond acceptors (Lipinski definition) is 3. The zero-order valence-electron chi connectivity index (χ0n) is 7.18. The lowest BCUT2D eigenvalue weighted by atomic mass is 9.99. The Hall–Kier alpha value is -0.120. The minimum atomic E-state index is 0.370. The fourth-order valence-corrected chi connectivity index (χ4v) is 1.70. The van der Waals surface area contributed by atoms with E-state index in [-0.39, 0.29) is 0 Å². The first-order valence-electron chi connectivity index (χ1n) is 4.32. The zero-order chi connectivity index (χ0) is 8.10. The predicted molar refractivity (Wildman–Crippen MR) is 45.4 cm³/mol. The van der Waals surface area contributed by atoms with Gasteiger partial charge in [0.1, 0.15) is 0 Å². The van der Waals surface area contributed by atoms with Gasteiger partial charge in [0.05, 0.1) is 6.10 Å². The molecule has 0 amide bonds. The average Bonchev–Trinajstić information content (AvgIpc) is 2.52. The van der Waals surface area contributed by atoms with Gasteiger partial charge < -0.3 is 15.8 Å². The van der Waals surface area contributed by atoms with Gasteiger partial charge >= 0.3 is 0 Å². The third kappa shape index (κ3) is 2.43. The lowest BCUT2D eigenvalue weighted by Gasteiger charge is -2.20. The zero-order valence-corrected chi connectivity index (χ0v) is 7.18. The van der Waals surface area contributed by atoms with Crippen LogP contribution in [0.5, 0.6) is 0 Å². The molecule has 1 fully saturated rings. The van der Waals surface area contributed by atoms with Crippen molar-refractivity contribution in [3.8, 4) is 0 Å². The highest BCUT2D eigenvalue weighted by molar-refractivity contribution is 4.78. The SMILES string of the molecule is COC(CCN)C1CCNC1. The Morgan fingerprint density at radius 1 is 1.73 bits per heavy atom. The molecule has 0 bridgehead atoms. The highest BCUT2D eigenvalue weighted by Gasteiger charge is 2.23. The second-order valence-electron chi connectivity index (χ2n) is 3.10. The van der Waals surface area contributed by atoms with Crippen molar-refractivity contribution in [1.29, 1.82) is 0 Å². The lowest BCUT2D eigenvalue weighted by molar-refractivity contribution is 0.0542. The molecule has 1 aliphatic rings. The molecule has 2 atom stereocenters. The smallest absolute Gasteiger partial charge is 0.0624 e. The summed E-state index contributed by atoms with van der Waals surface area (Å²) >= 11 is 0. The van der Waals surface area contributed by atoms with Crippen LogP contribution in [-0.4, -0.2) is 32.8 Å². The molecule has 1 rings (SSSR count). The predicted octanol–water partition coefficient (Wildman–Crippen LogP) is -0.0403. The first-order valence-corrected chi connectivity index (χ1v) is 4.32. The molecule has 1 aliphatic heterocycles. The largest absolute Gasteiger partial charge is 0.381 e. The topological polar surface area (TPSA) is 47.3 Å². The summed E-state index contributed by atoms with van der Waals surface area (Å²) in [6.45, 7) is 2.96. The van der Waals surface area contributed by atoms with Gasteiger partial charge in [0.25, 0.3) is 0 Å². The van der Waals surface area contributed by atoms with Crippen LogP contribution in [-0.2, 0) is 4.74 Å². The summed E-state index contributed by atoms with van der Waals surface area (Å²) in [5, 5.41) is 3.32. The minimum Gasteiger partial charge on any atom is -0.381 e. The highest BCUT2D eigenvalue weighted by atomic mass is 16.5. The van der Waals surface area contributed by atoms with Crippen molar-refractivity contribution in [2.45, 2.75) is 18.9 Å². The molecule has 1 saturated heterocycles. The summed E-state index contributed by atoms with van der Waals surface area (Å²) in [6.07, 6.45) is 2.59. The molecule has 0 aromatic rings. The normalized spacial score (nSPS) is 27.3. The van der Waals surface area contributed by atoms with Gasteiger partial charge in [0, 0.05) is 13.7 Å². The van der Waals surface area contributed by atoms with Crippen LogP contribution in [0, 0.1) is 5.92 Å². The van der Waals surface area contributed by atoms with E-state index in [0.29, 0.717) is 12.0 Å². The van der Waals surface area contributed by atoms with Gasteiger partial charge in [-0.05, 0) is 31.8 Å². The molecule has 0 spiro atoms. The van der Waals surface area contributed by atoms with Crippen LogP contribution in [0.2, 0.25) is 0 Å². The Bertz CT molecular complexity index is 102. The van der Waals surface area contributed by atoms with Crippen LogP contribution in [0.1, 0.15) is 12.8 Å². The van der Waals surface area contributed by atoms with Crippen molar-refractivity contribution in [2.75, 3.05) is 26.7 Å². The maximum atomic E-state index is 5.47. The second kappa shape index (κ2) is 4.70. The Balaban J connectivity index is 2.27. The molecule has 0 aromatic heterocycles. The fraction of sp³-hybridized carbons (Fsp3) is 1.00. The highest BCUT2D eigenvalue weighted by Crippen LogP contribution is 2.17. The van der Waals surface area contributed by atoms with E-state index < -0.39 is 0 Å². The Kier molecular flexibility index (Phi) is 3.83. The number of methoxy groups -OCH3 is 1. The summed E-state index contributed by atoms with van der Waals surface area (Å²) in [5.41, 5.74) is 5.47. The summed E-state index contributed by atoms with van der Waals surface area (Å²) in [4.78, 5) is 0. The quantitative estimate of drug-likeness (QED) is 0.603. The van der Waals surface area contributed by atoms with Crippen molar-refractivity contribution in [1.82, 2.24) is 5.32 Å². The van der Waals surface area contributed by atoms with Gasteiger partial charge in [-0.3, -0.25) is 0 Å². The lowest BCUT2D eigenvalue weighted by Crippen LogP contribution is -2.27. The van der Waals surface area contributed by atoms with E-state index in [1.54, 1.807) is 7.11 Å². The van der Waals surface area contributed by atoms with E-state index in [1.807, 2.05) is 0 Å². The maximum absolute atomic E-state index is 5.47. The van der Waals surface area contributed by atoms with Crippen molar-refractivity contribution >= 4 is 0 Å². The van der Waals surface area contributed by atoms with E-state index in [1.165, 1.54) is 6.42 Å². The maximum Gasteiger partial charge on any atom is 0.0624 e. The Labute approximate surface area is 68.3 Å². The molecule has 0 aliphatic carbocycles. The van der Waals surface area contributed by atoms with Crippen molar-refractivity contribution < 1.29 is 4.74 Å². The fourth-order valence-electron chi connectivity index (χ4n) is 1.70. The first-order chi connectivity index (χ1) is 5.38. The first kappa shape index (κ1) is 8.97. The van der Waals surface area contributed by atoms with E-state index in [0.717, 1.165) is 26.1 Å². The third-order valence-electron chi connectivity index (χ3n) is 2.38. The summed E-state index contributed by atoms with van der Waals surface area (Å²) in [7, 11) is 1.78. The van der Waals surface area contributed by atoms with Crippen LogP contribution < -0.4 is 11.1 Å². The molecule has 0 aromatic carbocycles. The molecule has 11 heavy (non-hydrogen) atoms. The molecule has 2 unspecified atom stereocenters. The molecule has 3 N–H and O–H groups in total. The molecule has 1 heterocycles. The Morgan fingerprint density at radius 2 is 2.55 bits per heavy atom. The van der Waals surface area contributed by atoms with Crippen molar-refractivity contribution in [2.24, 2.45) is 11.7 Å². The van der Waals surface area contributed by atoms with Crippen LogP contribution in [0.3, 0.4) is 0 Å². The summed E-state index contributed by atoms with van der Waals surface area (Å²) < 4.78 is 5.35. The molecule has 66 valence electrons. The van der Waals surface area contributed by atoms with Gasteiger partial charge in [-0.2, -0.15) is 0 Å².